The zero-order chi connectivity index (χ0) is 64.5. The van der Waals surface area contributed by atoms with E-state index in [2.05, 4.69) is 107 Å². The van der Waals surface area contributed by atoms with E-state index >= 15 is 0 Å². The summed E-state index contributed by atoms with van der Waals surface area (Å²) in [5, 5.41) is 16.6. The van der Waals surface area contributed by atoms with Crippen molar-refractivity contribution in [2.45, 2.75) is 146 Å². The molecule has 5 amide bonds. The minimum atomic E-state index is -0.527. The van der Waals surface area contributed by atoms with Crippen molar-refractivity contribution in [3.05, 3.63) is 152 Å². The van der Waals surface area contributed by atoms with Crippen molar-refractivity contribution in [3.8, 4) is 5.75 Å². The number of allylic oxidation sites excluding steroid dienone is 6. The lowest BCUT2D eigenvalue weighted by Gasteiger charge is -2.28. The predicted molar refractivity (Wildman–Crippen MR) is 350 cm³/mol. The second kappa shape index (κ2) is 35.8. The van der Waals surface area contributed by atoms with E-state index in [4.69, 9.17) is 14.2 Å². The number of hydrogen-bond acceptors (Lipinski definition) is 11. The Morgan fingerprint density at radius 2 is 1.45 bits per heavy atom. The van der Waals surface area contributed by atoms with Gasteiger partial charge in [0.05, 0.1) is 38.5 Å². The fourth-order valence-electron chi connectivity index (χ4n) is 11.3. The number of Topliss-reactive ketones (excluding diaryl/α,β-unsaturated/α-hetero) is 1. The van der Waals surface area contributed by atoms with Crippen LogP contribution in [0.15, 0.2) is 131 Å². The molecular formula is C72H98N6O10. The van der Waals surface area contributed by atoms with Gasteiger partial charge in [0.15, 0.2) is 5.78 Å². The quantitative estimate of drug-likeness (QED) is 0.0168. The molecule has 0 aliphatic heterocycles. The number of rotatable bonds is 33. The Balaban J connectivity index is 1.13. The monoisotopic (exact) mass is 1210 g/mol. The van der Waals surface area contributed by atoms with Gasteiger partial charge in [-0.2, -0.15) is 0 Å². The molecular weight excluding hydrogens is 1110 g/mol. The highest BCUT2D eigenvalue weighted by Crippen LogP contribution is 2.37. The summed E-state index contributed by atoms with van der Waals surface area (Å²) in [7, 11) is 1.71. The van der Waals surface area contributed by atoms with E-state index in [1.807, 2.05) is 81.4 Å². The number of aldehydes is 1. The molecule has 0 bridgehead atoms. The molecule has 16 nitrogen and oxygen atoms in total. The van der Waals surface area contributed by atoms with E-state index in [-0.39, 0.29) is 112 Å². The van der Waals surface area contributed by atoms with Crippen LogP contribution in [-0.2, 0) is 55.9 Å². The van der Waals surface area contributed by atoms with Crippen LogP contribution >= 0.6 is 0 Å². The zero-order valence-electron chi connectivity index (χ0n) is 54.4. The summed E-state index contributed by atoms with van der Waals surface area (Å²) in [6.07, 6.45) is 10.2. The summed E-state index contributed by atoms with van der Waals surface area (Å²) >= 11 is 0. The number of hydrogen-bond donors (Lipinski definition) is 5. The normalized spacial score (nSPS) is 18.4. The molecule has 476 valence electrons. The largest absolute Gasteiger partial charge is 0.497 e. The smallest absolute Gasteiger partial charge is 0.241 e. The van der Waals surface area contributed by atoms with Crippen LogP contribution in [0.5, 0.6) is 5.75 Å². The number of carbonyl (C=O) groups is 7. The Morgan fingerprint density at radius 1 is 0.795 bits per heavy atom. The number of amides is 5. The third-order valence-electron chi connectivity index (χ3n) is 17.0. The van der Waals surface area contributed by atoms with Crippen LogP contribution in [0, 0.1) is 29.6 Å². The summed E-state index contributed by atoms with van der Waals surface area (Å²) in [6.45, 7) is 26.8. The first-order chi connectivity index (χ1) is 42.2. The Bertz CT molecular complexity index is 3180. The maximum absolute atomic E-state index is 14.2. The lowest BCUT2D eigenvalue weighted by Crippen LogP contribution is -2.48. The summed E-state index contributed by atoms with van der Waals surface area (Å²) < 4.78 is 17.8. The summed E-state index contributed by atoms with van der Waals surface area (Å²) in [5.74, 6) is -1.25. The van der Waals surface area contributed by atoms with E-state index < -0.39 is 17.9 Å². The van der Waals surface area contributed by atoms with Gasteiger partial charge in [0.1, 0.15) is 32.0 Å². The highest BCUT2D eigenvalue weighted by Gasteiger charge is 2.32. The van der Waals surface area contributed by atoms with Gasteiger partial charge in [-0.05, 0) is 163 Å². The number of carbonyl (C=O) groups excluding carboxylic acids is 7. The molecule has 2 aliphatic carbocycles. The van der Waals surface area contributed by atoms with Crippen molar-refractivity contribution < 1.29 is 47.8 Å². The molecule has 0 saturated heterocycles. The lowest BCUT2D eigenvalue weighted by molar-refractivity contribution is -0.127. The van der Waals surface area contributed by atoms with Crippen molar-refractivity contribution in [3.63, 3.8) is 0 Å². The van der Waals surface area contributed by atoms with Crippen molar-refractivity contribution in [1.29, 1.82) is 0 Å². The zero-order valence-corrected chi connectivity index (χ0v) is 54.4. The number of ether oxygens (including phenoxy) is 3. The number of benzene rings is 3. The first kappa shape index (κ1) is 70.9. The summed E-state index contributed by atoms with van der Waals surface area (Å²) in [4.78, 5) is 92.9. The van der Waals surface area contributed by atoms with Crippen LogP contribution in [0.3, 0.4) is 0 Å². The maximum Gasteiger partial charge on any atom is 0.241 e. The number of nitrogens with one attached hydrogen (secondary N) is 5. The number of aryl methyl sites for hydroxylation is 1. The molecule has 2 aliphatic rings. The average molecular weight is 1210 g/mol. The van der Waals surface area contributed by atoms with Gasteiger partial charge in [-0.15, -0.1) is 0 Å². The van der Waals surface area contributed by atoms with Crippen LogP contribution in [-0.4, -0.2) is 101 Å². The number of anilines is 1. The average Bonchev–Trinajstić information content (AvgIpc) is 1.55. The van der Waals surface area contributed by atoms with E-state index in [1.165, 1.54) is 28.6 Å². The Hall–Kier alpha value is -7.85. The van der Waals surface area contributed by atoms with Gasteiger partial charge in [0.2, 0.25) is 29.5 Å². The third kappa shape index (κ3) is 21.2. The van der Waals surface area contributed by atoms with Gasteiger partial charge in [0, 0.05) is 48.7 Å². The highest BCUT2D eigenvalue weighted by molar-refractivity contribution is 5.99. The van der Waals surface area contributed by atoms with E-state index in [1.54, 1.807) is 11.9 Å². The maximum atomic E-state index is 14.2. The van der Waals surface area contributed by atoms with Crippen LogP contribution in [0.4, 0.5) is 5.69 Å². The molecule has 3 aromatic carbocycles. The fraction of sp³-hybridized carbons (Fsp3) is 0.486. The van der Waals surface area contributed by atoms with Crippen LogP contribution in [0.25, 0.3) is 11.1 Å². The Kier molecular flexibility index (Phi) is 28.9. The SMILES string of the molecule is C=COC/C1=C(C(C)C)/C=C(C)/C(C)=C(/C(CC)=c2/cc(OCCOCNC(=O)CNC(=C3CC3)C(Cc3ccccc3)NC(=O)CNC(=O)CNC(=O)CCc3ccc(N(C)C(=O)C(CC=O)C(CC)CC)cc3)ccc2=C(C)C)CC(C)C(C)C1=O. The minimum absolute atomic E-state index is 0.0430. The van der Waals surface area contributed by atoms with E-state index in [9.17, 15) is 33.6 Å². The number of ketones is 1. The van der Waals surface area contributed by atoms with E-state index in [0.29, 0.717) is 29.9 Å². The standard InChI is InChI=1S/C72H98N6O10/c1-14-54(15-2)60(33-34-79)72(85)78(13)56-28-23-52(24-29-56)25-32-66(80)73-41-67(81)74-43-69(83)77-65(39-53-21-19-18-20-22-53)70(55-26-27-55)75-42-68(82)76-45-87-35-36-88-57-30-31-59(46(5)6)63(40-57)58(16-3)62-38-49(10)51(12)71(84)64(44-86-17-4)61(47(7)8)37-48(9)50(62)11/h17-24,28-31,34,37,40,47,49,51,54,60,65,75H,4,14-16,25-27,32-33,35-36,38-39,41-45H2,1-3,5-13H3,(H,73,80)(H,74,81)(H,76,82)(H,77,83)/b48-37+,62-50+,63-58-,64-61+. The molecule has 1 fully saturated rings. The third-order valence-corrected chi connectivity index (χ3v) is 17.0. The molecule has 3 aromatic rings. The van der Waals surface area contributed by atoms with Crippen LogP contribution < -0.4 is 46.7 Å². The highest BCUT2D eigenvalue weighted by atomic mass is 16.5. The molecule has 5 rings (SSSR count). The summed E-state index contributed by atoms with van der Waals surface area (Å²) in [5.41, 5.74) is 12.0. The molecule has 0 heterocycles. The molecule has 0 radical (unpaired) electrons. The molecule has 16 heteroatoms. The van der Waals surface area contributed by atoms with Crippen LogP contribution in [0.1, 0.15) is 139 Å². The van der Waals surface area contributed by atoms with E-state index in [0.717, 1.165) is 88.8 Å². The predicted octanol–water partition coefficient (Wildman–Crippen LogP) is 9.36. The van der Waals surface area contributed by atoms with Crippen molar-refractivity contribution >= 4 is 58.4 Å². The molecule has 88 heavy (non-hydrogen) atoms. The molecule has 4 atom stereocenters. The second-order valence-electron chi connectivity index (χ2n) is 23.8. The molecule has 0 aromatic heterocycles. The molecule has 1 saturated carbocycles. The van der Waals surface area contributed by atoms with Gasteiger partial charge in [0.25, 0.3) is 0 Å². The van der Waals surface area contributed by atoms with Crippen molar-refractivity contribution in [2.24, 2.45) is 29.6 Å². The lowest BCUT2D eigenvalue weighted by atomic mass is 9.77. The van der Waals surface area contributed by atoms with Gasteiger partial charge in [-0.25, -0.2) is 0 Å². The Morgan fingerprint density at radius 3 is 2.08 bits per heavy atom. The summed E-state index contributed by atoms with van der Waals surface area (Å²) in [6, 6.07) is 22.7. The first-order valence-corrected chi connectivity index (χ1v) is 31.4. The van der Waals surface area contributed by atoms with Crippen molar-refractivity contribution in [1.82, 2.24) is 26.6 Å². The first-order valence-electron chi connectivity index (χ1n) is 31.4. The fourth-order valence-corrected chi connectivity index (χ4v) is 11.3. The minimum Gasteiger partial charge on any atom is -0.497 e. The van der Waals surface area contributed by atoms with Crippen LogP contribution in [0.2, 0.25) is 0 Å². The van der Waals surface area contributed by atoms with Crippen molar-refractivity contribution in [2.75, 3.05) is 58.1 Å². The van der Waals surface area contributed by atoms with Gasteiger partial charge < -0.3 is 50.5 Å². The van der Waals surface area contributed by atoms with Gasteiger partial charge >= 0.3 is 0 Å². The van der Waals surface area contributed by atoms with Gasteiger partial charge in [-0.3, -0.25) is 28.8 Å². The molecule has 5 N–H and O–H groups in total. The molecule has 0 spiro atoms. The van der Waals surface area contributed by atoms with Gasteiger partial charge in [-0.1, -0.05) is 128 Å². The topological polar surface area (TPSA) is 211 Å². The molecule has 4 unspecified atom stereocenters. The second-order valence-corrected chi connectivity index (χ2v) is 23.8. The number of nitrogens with zero attached hydrogens (tertiary/aromatic N) is 1. The Labute approximate surface area is 522 Å².